The van der Waals surface area contributed by atoms with E-state index < -0.39 is 0 Å². The third kappa shape index (κ3) is 6.64. The Morgan fingerprint density at radius 2 is 1.77 bits per heavy atom. The third-order valence-corrected chi connectivity index (χ3v) is 5.44. The molecule has 0 saturated carbocycles. The van der Waals surface area contributed by atoms with Gasteiger partial charge < -0.3 is 25.0 Å². The molecule has 0 unspecified atom stereocenters. The van der Waals surface area contributed by atoms with Crippen LogP contribution in [0.2, 0.25) is 0 Å². The van der Waals surface area contributed by atoms with Gasteiger partial charge in [-0.25, -0.2) is 4.79 Å². The topological polar surface area (TPSA) is 79.9 Å². The zero-order chi connectivity index (χ0) is 22.1. The van der Waals surface area contributed by atoms with Crippen LogP contribution in [0.4, 0.5) is 10.5 Å². The number of piperidine rings is 1. The summed E-state index contributed by atoms with van der Waals surface area (Å²) in [4.78, 5) is 26.6. The molecule has 1 fully saturated rings. The van der Waals surface area contributed by atoms with Crippen LogP contribution in [0.25, 0.3) is 0 Å². The molecular formula is C24H31N3O4. The molecule has 166 valence electrons. The van der Waals surface area contributed by atoms with Crippen LogP contribution in [-0.4, -0.2) is 50.2 Å². The first-order valence-corrected chi connectivity index (χ1v) is 10.8. The summed E-state index contributed by atoms with van der Waals surface area (Å²) in [6.45, 7) is 4.54. The number of urea groups is 1. The maximum Gasteiger partial charge on any atom is 0.321 e. The normalized spacial score (nSPS) is 14.1. The smallest absolute Gasteiger partial charge is 0.321 e. The Morgan fingerprint density at radius 3 is 2.45 bits per heavy atom. The zero-order valence-electron chi connectivity index (χ0n) is 18.2. The first kappa shape index (κ1) is 22.5. The summed E-state index contributed by atoms with van der Waals surface area (Å²) in [7, 11) is 1.58. The lowest BCUT2D eigenvalue weighted by Gasteiger charge is -2.32. The first-order chi connectivity index (χ1) is 15.1. The fourth-order valence-electron chi connectivity index (χ4n) is 3.66. The molecule has 1 aliphatic rings. The molecule has 0 aliphatic carbocycles. The van der Waals surface area contributed by atoms with Crippen molar-refractivity contribution >= 4 is 17.6 Å². The van der Waals surface area contributed by atoms with E-state index >= 15 is 0 Å². The number of methoxy groups -OCH3 is 1. The predicted octanol–water partition coefficient (Wildman–Crippen LogP) is 3.70. The number of anilines is 1. The average molecular weight is 426 g/mol. The molecule has 2 aromatic rings. The number of nitrogens with zero attached hydrogens (tertiary/aromatic N) is 1. The number of carbonyl (C=O) groups is 2. The maximum atomic E-state index is 12.6. The minimum atomic E-state index is -0.123. The number of likely N-dealkylation sites (tertiary alicyclic amines) is 1. The Hall–Kier alpha value is -3.22. The van der Waals surface area contributed by atoms with Crippen LogP contribution in [0, 0.1) is 5.92 Å². The molecule has 0 radical (unpaired) electrons. The number of carbonyl (C=O) groups excluding carboxylic acids is 2. The Morgan fingerprint density at radius 1 is 1.06 bits per heavy atom. The van der Waals surface area contributed by atoms with Gasteiger partial charge in [0, 0.05) is 19.6 Å². The maximum absolute atomic E-state index is 12.6. The predicted molar refractivity (Wildman–Crippen MR) is 121 cm³/mol. The highest BCUT2D eigenvalue weighted by Gasteiger charge is 2.23. The van der Waals surface area contributed by atoms with Gasteiger partial charge in [-0.1, -0.05) is 24.3 Å². The Labute approximate surface area is 183 Å². The second kappa shape index (κ2) is 11.2. The lowest BCUT2D eigenvalue weighted by Crippen LogP contribution is -2.43. The van der Waals surface area contributed by atoms with Crippen molar-refractivity contribution in [3.8, 4) is 11.5 Å². The lowest BCUT2D eigenvalue weighted by atomic mass is 9.97. The van der Waals surface area contributed by atoms with Gasteiger partial charge in [0.25, 0.3) is 0 Å². The number of hydrogen-bond acceptors (Lipinski definition) is 4. The molecule has 0 bridgehead atoms. The third-order valence-electron chi connectivity index (χ3n) is 5.44. The summed E-state index contributed by atoms with van der Waals surface area (Å²) >= 11 is 0. The largest absolute Gasteiger partial charge is 0.495 e. The molecule has 3 rings (SSSR count). The van der Waals surface area contributed by atoms with Crippen LogP contribution in [0.3, 0.4) is 0 Å². The van der Waals surface area contributed by atoms with Gasteiger partial charge in [0.1, 0.15) is 11.5 Å². The van der Waals surface area contributed by atoms with Crippen molar-refractivity contribution in [3.63, 3.8) is 0 Å². The summed E-state index contributed by atoms with van der Waals surface area (Å²) < 4.78 is 10.7. The molecule has 0 aromatic heterocycles. The van der Waals surface area contributed by atoms with Gasteiger partial charge in [-0.3, -0.25) is 4.79 Å². The molecule has 2 aromatic carbocycles. The molecule has 0 spiro atoms. The van der Waals surface area contributed by atoms with E-state index in [4.69, 9.17) is 9.47 Å². The van der Waals surface area contributed by atoms with Gasteiger partial charge in [-0.05, 0) is 55.5 Å². The van der Waals surface area contributed by atoms with Crippen molar-refractivity contribution in [2.45, 2.75) is 26.2 Å². The number of rotatable bonds is 8. The summed E-state index contributed by atoms with van der Waals surface area (Å²) in [5.41, 5.74) is 1.63. The lowest BCUT2D eigenvalue weighted by molar-refractivity contribution is -0.120. The van der Waals surface area contributed by atoms with Gasteiger partial charge in [0.2, 0.25) is 5.91 Å². The van der Waals surface area contributed by atoms with Crippen LogP contribution < -0.4 is 20.1 Å². The van der Waals surface area contributed by atoms with Crippen LogP contribution in [0.5, 0.6) is 11.5 Å². The summed E-state index contributed by atoms with van der Waals surface area (Å²) in [6.07, 6.45) is 2.08. The van der Waals surface area contributed by atoms with E-state index in [2.05, 4.69) is 10.6 Å². The number of para-hydroxylation sites is 2. The number of benzene rings is 2. The van der Waals surface area contributed by atoms with Crippen LogP contribution in [-0.2, 0) is 11.2 Å². The highest BCUT2D eigenvalue weighted by molar-refractivity contribution is 5.91. The van der Waals surface area contributed by atoms with Gasteiger partial charge in [0.05, 0.1) is 25.8 Å². The monoisotopic (exact) mass is 425 g/mol. The molecule has 1 aliphatic heterocycles. The van der Waals surface area contributed by atoms with E-state index in [-0.39, 0.29) is 11.9 Å². The van der Waals surface area contributed by atoms with E-state index in [9.17, 15) is 9.59 Å². The van der Waals surface area contributed by atoms with Crippen molar-refractivity contribution in [3.05, 3.63) is 54.1 Å². The second-order valence-corrected chi connectivity index (χ2v) is 7.62. The highest BCUT2D eigenvalue weighted by atomic mass is 16.5. The van der Waals surface area contributed by atoms with Crippen LogP contribution >= 0.6 is 0 Å². The van der Waals surface area contributed by atoms with Crippen molar-refractivity contribution < 1.29 is 19.1 Å². The standard InChI is InChI=1S/C24H31N3O4/c1-3-31-20-10-8-18(9-11-20)16-23(28)25-17-19-12-14-27(15-13-19)24(29)26-21-6-4-5-7-22(21)30-2/h4-11,19H,3,12-17H2,1-2H3,(H,25,28)(H,26,29). The minimum Gasteiger partial charge on any atom is -0.495 e. The molecule has 7 heteroatoms. The average Bonchev–Trinajstić information content (AvgIpc) is 2.80. The Balaban J connectivity index is 1.38. The van der Waals surface area contributed by atoms with E-state index in [0.717, 1.165) is 24.2 Å². The van der Waals surface area contributed by atoms with Crippen molar-refractivity contribution in [2.75, 3.05) is 38.7 Å². The molecule has 1 saturated heterocycles. The van der Waals surface area contributed by atoms with E-state index in [0.29, 0.717) is 50.0 Å². The quantitative estimate of drug-likeness (QED) is 0.676. The summed E-state index contributed by atoms with van der Waals surface area (Å²) in [5.74, 6) is 1.84. The minimum absolute atomic E-state index is 0.0144. The Kier molecular flexibility index (Phi) is 8.15. The number of nitrogens with one attached hydrogen (secondary N) is 2. The van der Waals surface area contributed by atoms with Crippen molar-refractivity contribution in [2.24, 2.45) is 5.92 Å². The van der Waals surface area contributed by atoms with Gasteiger partial charge in [-0.2, -0.15) is 0 Å². The van der Waals surface area contributed by atoms with E-state index in [1.165, 1.54) is 0 Å². The van der Waals surface area contributed by atoms with Crippen molar-refractivity contribution in [1.29, 1.82) is 0 Å². The molecule has 3 amide bonds. The van der Waals surface area contributed by atoms with Crippen LogP contribution in [0.1, 0.15) is 25.3 Å². The summed E-state index contributed by atoms with van der Waals surface area (Å²) in [6, 6.07) is 14.9. The number of hydrogen-bond donors (Lipinski definition) is 2. The highest BCUT2D eigenvalue weighted by Crippen LogP contribution is 2.24. The Bertz CT molecular complexity index is 861. The fourth-order valence-corrected chi connectivity index (χ4v) is 3.66. The van der Waals surface area contributed by atoms with E-state index in [1.807, 2.05) is 60.4 Å². The SMILES string of the molecule is CCOc1ccc(CC(=O)NCC2CCN(C(=O)Nc3ccccc3OC)CC2)cc1. The zero-order valence-corrected chi connectivity index (χ0v) is 18.2. The molecular weight excluding hydrogens is 394 g/mol. The fraction of sp³-hybridized carbons (Fsp3) is 0.417. The molecule has 2 N–H and O–H groups in total. The number of amides is 3. The molecule has 7 nitrogen and oxygen atoms in total. The molecule has 31 heavy (non-hydrogen) atoms. The number of ether oxygens (including phenoxy) is 2. The molecule has 0 atom stereocenters. The first-order valence-electron chi connectivity index (χ1n) is 10.8. The van der Waals surface area contributed by atoms with Crippen LogP contribution in [0.15, 0.2) is 48.5 Å². The molecule has 1 heterocycles. The van der Waals surface area contributed by atoms with Gasteiger partial charge in [0.15, 0.2) is 0 Å². The summed E-state index contributed by atoms with van der Waals surface area (Å²) in [5, 5.41) is 5.95. The second-order valence-electron chi connectivity index (χ2n) is 7.62. The van der Waals surface area contributed by atoms with Gasteiger partial charge >= 0.3 is 6.03 Å². The van der Waals surface area contributed by atoms with E-state index in [1.54, 1.807) is 7.11 Å². The van der Waals surface area contributed by atoms with Crippen molar-refractivity contribution in [1.82, 2.24) is 10.2 Å². The van der Waals surface area contributed by atoms with Gasteiger partial charge in [-0.15, -0.1) is 0 Å².